The number of rotatable bonds is 4. The standard InChI is InChI=1S/C8H12O3/c9-4-1-7-3-6-11-8(7)2-5-10/h3,6,9-10H,1-2,4-5H2. The molecular weight excluding hydrogens is 144 g/mol. The van der Waals surface area contributed by atoms with Crippen molar-refractivity contribution < 1.29 is 14.6 Å². The molecule has 62 valence electrons. The topological polar surface area (TPSA) is 53.6 Å². The van der Waals surface area contributed by atoms with E-state index in [1.165, 1.54) is 0 Å². The van der Waals surface area contributed by atoms with Crippen molar-refractivity contribution in [3.05, 3.63) is 23.7 Å². The van der Waals surface area contributed by atoms with Gasteiger partial charge in [-0.1, -0.05) is 0 Å². The summed E-state index contributed by atoms with van der Waals surface area (Å²) in [6, 6.07) is 1.82. The molecule has 0 aliphatic rings. The lowest BCUT2D eigenvalue weighted by Crippen LogP contribution is -1.96. The lowest BCUT2D eigenvalue weighted by Gasteiger charge is -1.96. The molecule has 0 aliphatic carbocycles. The van der Waals surface area contributed by atoms with E-state index in [9.17, 15) is 0 Å². The molecule has 0 bridgehead atoms. The smallest absolute Gasteiger partial charge is 0.109 e. The van der Waals surface area contributed by atoms with Gasteiger partial charge in [0.15, 0.2) is 0 Å². The second-order valence-electron chi connectivity index (χ2n) is 2.32. The van der Waals surface area contributed by atoms with Crippen molar-refractivity contribution in [2.45, 2.75) is 12.8 Å². The minimum atomic E-state index is 0.0892. The molecule has 0 fully saturated rings. The Labute approximate surface area is 65.3 Å². The molecule has 0 spiro atoms. The molecule has 3 nitrogen and oxygen atoms in total. The maximum atomic E-state index is 8.63. The van der Waals surface area contributed by atoms with Gasteiger partial charge >= 0.3 is 0 Å². The van der Waals surface area contributed by atoms with Crippen LogP contribution in [0.3, 0.4) is 0 Å². The summed E-state index contributed by atoms with van der Waals surface area (Å²) >= 11 is 0. The summed E-state index contributed by atoms with van der Waals surface area (Å²) in [6.45, 7) is 0.212. The fourth-order valence-corrected chi connectivity index (χ4v) is 1.03. The number of aliphatic hydroxyl groups is 2. The molecule has 1 rings (SSSR count). The van der Waals surface area contributed by atoms with E-state index >= 15 is 0 Å². The highest BCUT2D eigenvalue weighted by atomic mass is 16.3. The molecular formula is C8H12O3. The minimum Gasteiger partial charge on any atom is -0.469 e. The van der Waals surface area contributed by atoms with E-state index in [4.69, 9.17) is 14.6 Å². The summed E-state index contributed by atoms with van der Waals surface area (Å²) in [4.78, 5) is 0. The van der Waals surface area contributed by atoms with Crippen molar-refractivity contribution in [3.63, 3.8) is 0 Å². The Kier molecular flexibility index (Phi) is 3.14. The maximum Gasteiger partial charge on any atom is 0.109 e. The number of hydrogen-bond donors (Lipinski definition) is 2. The van der Waals surface area contributed by atoms with Crippen LogP contribution in [0.2, 0.25) is 0 Å². The molecule has 11 heavy (non-hydrogen) atoms. The van der Waals surface area contributed by atoms with Gasteiger partial charge in [-0.2, -0.15) is 0 Å². The van der Waals surface area contributed by atoms with Crippen LogP contribution in [0.15, 0.2) is 16.7 Å². The van der Waals surface area contributed by atoms with E-state index < -0.39 is 0 Å². The Morgan fingerprint density at radius 1 is 1.18 bits per heavy atom. The van der Waals surface area contributed by atoms with Gasteiger partial charge in [-0.05, 0) is 18.1 Å². The average molecular weight is 156 g/mol. The molecule has 0 amide bonds. The first kappa shape index (κ1) is 8.30. The second kappa shape index (κ2) is 4.16. The predicted molar refractivity (Wildman–Crippen MR) is 40.3 cm³/mol. The third-order valence-corrected chi connectivity index (χ3v) is 1.56. The van der Waals surface area contributed by atoms with Crippen LogP contribution in [-0.4, -0.2) is 23.4 Å². The van der Waals surface area contributed by atoms with E-state index in [1.54, 1.807) is 6.26 Å². The fourth-order valence-electron chi connectivity index (χ4n) is 1.03. The zero-order valence-electron chi connectivity index (χ0n) is 6.29. The minimum absolute atomic E-state index is 0.0892. The third kappa shape index (κ3) is 2.06. The normalized spacial score (nSPS) is 10.4. The van der Waals surface area contributed by atoms with Crippen LogP contribution in [0.25, 0.3) is 0 Å². The Bertz CT molecular complexity index is 184. The van der Waals surface area contributed by atoms with Gasteiger partial charge in [-0.15, -0.1) is 0 Å². The molecule has 0 unspecified atom stereocenters. The molecule has 0 atom stereocenters. The molecule has 3 heteroatoms. The maximum absolute atomic E-state index is 8.63. The van der Waals surface area contributed by atoms with Crippen LogP contribution >= 0.6 is 0 Å². The van der Waals surface area contributed by atoms with Gasteiger partial charge < -0.3 is 14.6 Å². The molecule has 0 saturated heterocycles. The summed E-state index contributed by atoms with van der Waals surface area (Å²) in [5.74, 6) is 0.779. The number of aliphatic hydroxyl groups excluding tert-OH is 2. The molecule has 0 aromatic carbocycles. The third-order valence-electron chi connectivity index (χ3n) is 1.56. The molecule has 1 aromatic rings. The molecule has 0 saturated carbocycles. The van der Waals surface area contributed by atoms with Crippen molar-refractivity contribution >= 4 is 0 Å². The summed E-state index contributed by atoms with van der Waals surface area (Å²) < 4.78 is 5.09. The van der Waals surface area contributed by atoms with E-state index in [-0.39, 0.29) is 13.2 Å². The first-order valence-corrected chi connectivity index (χ1v) is 3.65. The summed E-state index contributed by atoms with van der Waals surface area (Å²) in [5.41, 5.74) is 0.988. The highest BCUT2D eigenvalue weighted by molar-refractivity contribution is 5.17. The van der Waals surface area contributed by atoms with Gasteiger partial charge in [0.25, 0.3) is 0 Å². The largest absolute Gasteiger partial charge is 0.469 e. The number of hydrogen-bond acceptors (Lipinski definition) is 3. The van der Waals surface area contributed by atoms with E-state index in [1.807, 2.05) is 6.07 Å². The molecule has 0 aliphatic heterocycles. The quantitative estimate of drug-likeness (QED) is 0.661. The zero-order chi connectivity index (χ0) is 8.10. The van der Waals surface area contributed by atoms with Crippen molar-refractivity contribution in [2.24, 2.45) is 0 Å². The summed E-state index contributed by atoms with van der Waals surface area (Å²) in [7, 11) is 0. The Morgan fingerprint density at radius 3 is 2.55 bits per heavy atom. The predicted octanol–water partition coefficient (Wildman–Crippen LogP) is 0.349. The van der Waals surface area contributed by atoms with Gasteiger partial charge in [-0.25, -0.2) is 0 Å². The molecule has 1 aromatic heterocycles. The van der Waals surface area contributed by atoms with Crippen LogP contribution in [-0.2, 0) is 12.8 Å². The zero-order valence-corrected chi connectivity index (χ0v) is 6.29. The lowest BCUT2D eigenvalue weighted by atomic mass is 10.1. The van der Waals surface area contributed by atoms with Crippen molar-refractivity contribution in [3.8, 4) is 0 Å². The van der Waals surface area contributed by atoms with Gasteiger partial charge in [0.1, 0.15) is 5.76 Å². The van der Waals surface area contributed by atoms with Gasteiger partial charge in [0, 0.05) is 13.0 Å². The van der Waals surface area contributed by atoms with Crippen molar-refractivity contribution in [1.82, 2.24) is 0 Å². The van der Waals surface area contributed by atoms with Crippen LogP contribution in [0.1, 0.15) is 11.3 Å². The first-order valence-electron chi connectivity index (χ1n) is 3.65. The summed E-state index contributed by atoms with van der Waals surface area (Å²) in [5, 5.41) is 17.2. The Hall–Kier alpha value is -0.800. The SMILES string of the molecule is OCCc1ccoc1CCO. The first-order chi connectivity index (χ1) is 5.38. The fraction of sp³-hybridized carbons (Fsp3) is 0.500. The highest BCUT2D eigenvalue weighted by Crippen LogP contribution is 2.11. The highest BCUT2D eigenvalue weighted by Gasteiger charge is 2.03. The Balaban J connectivity index is 2.62. The monoisotopic (exact) mass is 156 g/mol. The molecule has 1 heterocycles. The molecule has 2 N–H and O–H groups in total. The van der Waals surface area contributed by atoms with Crippen molar-refractivity contribution in [2.75, 3.05) is 13.2 Å². The number of furan rings is 1. The Morgan fingerprint density at radius 2 is 1.91 bits per heavy atom. The van der Waals surface area contributed by atoms with E-state index in [2.05, 4.69) is 0 Å². The van der Waals surface area contributed by atoms with Gasteiger partial charge in [0.05, 0.1) is 12.9 Å². The van der Waals surface area contributed by atoms with Crippen LogP contribution in [0, 0.1) is 0 Å². The second-order valence-corrected chi connectivity index (χ2v) is 2.32. The molecule has 0 radical (unpaired) electrons. The van der Waals surface area contributed by atoms with Crippen LogP contribution in [0.5, 0.6) is 0 Å². The van der Waals surface area contributed by atoms with E-state index in [0.29, 0.717) is 12.8 Å². The van der Waals surface area contributed by atoms with Gasteiger partial charge in [0.2, 0.25) is 0 Å². The van der Waals surface area contributed by atoms with Gasteiger partial charge in [-0.3, -0.25) is 0 Å². The summed E-state index contributed by atoms with van der Waals surface area (Å²) in [6.07, 6.45) is 2.71. The average Bonchev–Trinajstić information content (AvgIpc) is 2.39. The lowest BCUT2D eigenvalue weighted by molar-refractivity contribution is 0.282. The van der Waals surface area contributed by atoms with Crippen LogP contribution < -0.4 is 0 Å². The van der Waals surface area contributed by atoms with Crippen molar-refractivity contribution in [1.29, 1.82) is 0 Å². The van der Waals surface area contributed by atoms with E-state index in [0.717, 1.165) is 11.3 Å². The van der Waals surface area contributed by atoms with Crippen LogP contribution in [0.4, 0.5) is 0 Å².